The highest BCUT2D eigenvalue weighted by Crippen LogP contribution is 2.01. The summed E-state index contributed by atoms with van der Waals surface area (Å²) in [5.41, 5.74) is 0.925. The summed E-state index contributed by atoms with van der Waals surface area (Å²) < 4.78 is 14.2. The van der Waals surface area contributed by atoms with Crippen LogP contribution in [0.5, 0.6) is 0 Å². The molecule has 0 aliphatic carbocycles. The molecule has 1 aromatic carbocycles. The zero-order valence-corrected chi connectivity index (χ0v) is 12.5. The summed E-state index contributed by atoms with van der Waals surface area (Å²) in [6.45, 7) is 0.0394. The average Bonchev–Trinajstić information content (AvgIpc) is 2.54. The Morgan fingerprint density at radius 1 is 1.09 bits per heavy atom. The molecule has 0 aromatic heterocycles. The number of hydrogen-bond acceptors (Lipinski definition) is 6. The highest BCUT2D eigenvalue weighted by atomic mass is 16.5. The molecule has 1 N–H and O–H groups in total. The summed E-state index contributed by atoms with van der Waals surface area (Å²) >= 11 is 0. The molecule has 0 aliphatic heterocycles. The number of carbonyl (C=O) groups is 3. The topological polar surface area (TPSA) is 90.9 Å². The minimum Gasteiger partial charge on any atom is -0.469 e. The van der Waals surface area contributed by atoms with Crippen molar-refractivity contribution >= 4 is 17.8 Å². The molecule has 0 unspecified atom stereocenters. The monoisotopic (exact) mass is 309 g/mol. The molecule has 0 radical (unpaired) electrons. The number of ether oxygens (including phenoxy) is 3. The van der Waals surface area contributed by atoms with E-state index in [-0.39, 0.29) is 19.6 Å². The molecule has 1 rings (SSSR count). The van der Waals surface area contributed by atoms with E-state index in [1.165, 1.54) is 14.2 Å². The lowest BCUT2D eigenvalue weighted by atomic mass is 10.2. The molecule has 0 saturated carbocycles. The second-order valence-corrected chi connectivity index (χ2v) is 4.40. The Labute approximate surface area is 128 Å². The van der Waals surface area contributed by atoms with Crippen LogP contribution in [-0.2, 0) is 35.2 Å². The maximum atomic E-state index is 11.7. The fourth-order valence-electron chi connectivity index (χ4n) is 1.66. The van der Waals surface area contributed by atoms with Gasteiger partial charge in [-0.15, -0.1) is 0 Å². The van der Waals surface area contributed by atoms with Crippen molar-refractivity contribution < 1.29 is 28.6 Å². The fourth-order valence-corrected chi connectivity index (χ4v) is 1.66. The highest BCUT2D eigenvalue weighted by Gasteiger charge is 2.25. The first-order chi connectivity index (χ1) is 10.6. The van der Waals surface area contributed by atoms with Gasteiger partial charge in [-0.05, 0) is 5.56 Å². The van der Waals surface area contributed by atoms with Gasteiger partial charge >= 0.3 is 11.9 Å². The van der Waals surface area contributed by atoms with Crippen LogP contribution in [0.15, 0.2) is 30.3 Å². The first kappa shape index (κ1) is 17.6. The van der Waals surface area contributed by atoms with Crippen LogP contribution in [0.25, 0.3) is 0 Å². The van der Waals surface area contributed by atoms with Crippen molar-refractivity contribution in [2.24, 2.45) is 0 Å². The third-order valence-corrected chi connectivity index (χ3v) is 2.76. The van der Waals surface area contributed by atoms with Crippen LogP contribution in [0.3, 0.4) is 0 Å². The van der Waals surface area contributed by atoms with Crippen LogP contribution >= 0.6 is 0 Å². The number of rotatable bonds is 8. The lowest BCUT2D eigenvalue weighted by Crippen LogP contribution is -2.44. The molecule has 0 fully saturated rings. The van der Waals surface area contributed by atoms with Gasteiger partial charge in [-0.2, -0.15) is 0 Å². The molecule has 0 heterocycles. The second kappa shape index (κ2) is 9.51. The van der Waals surface area contributed by atoms with Crippen LogP contribution in [0.2, 0.25) is 0 Å². The summed E-state index contributed by atoms with van der Waals surface area (Å²) in [4.78, 5) is 34.5. The Bertz CT molecular complexity index is 502. The third-order valence-electron chi connectivity index (χ3n) is 2.76. The Kier molecular flexibility index (Phi) is 7.63. The smallest absolute Gasteiger partial charge is 0.328 e. The van der Waals surface area contributed by atoms with E-state index in [9.17, 15) is 14.4 Å². The van der Waals surface area contributed by atoms with Crippen molar-refractivity contribution in [2.75, 3.05) is 20.8 Å². The maximum Gasteiger partial charge on any atom is 0.328 e. The Balaban J connectivity index is 2.42. The van der Waals surface area contributed by atoms with E-state index in [4.69, 9.17) is 4.74 Å². The fraction of sp³-hybridized carbons (Fsp3) is 0.400. The van der Waals surface area contributed by atoms with E-state index in [0.29, 0.717) is 0 Å². The van der Waals surface area contributed by atoms with Crippen LogP contribution < -0.4 is 5.32 Å². The first-order valence-electron chi connectivity index (χ1n) is 6.62. The minimum absolute atomic E-state index is 0.233. The summed E-state index contributed by atoms with van der Waals surface area (Å²) in [7, 11) is 2.37. The number of carbonyl (C=O) groups excluding carboxylic acids is 3. The SMILES string of the molecule is COC(=O)C[C@H](NC(=O)COCc1ccccc1)C(=O)OC. The van der Waals surface area contributed by atoms with Crippen molar-refractivity contribution in [2.45, 2.75) is 19.1 Å². The lowest BCUT2D eigenvalue weighted by Gasteiger charge is -2.15. The van der Waals surface area contributed by atoms with E-state index in [1.54, 1.807) is 0 Å². The largest absolute Gasteiger partial charge is 0.469 e. The molecule has 0 bridgehead atoms. The quantitative estimate of drug-likeness (QED) is 0.700. The number of hydrogen-bond donors (Lipinski definition) is 1. The summed E-state index contributed by atoms with van der Waals surface area (Å²) in [6.07, 6.45) is -0.298. The van der Waals surface area contributed by atoms with Gasteiger partial charge in [-0.1, -0.05) is 30.3 Å². The van der Waals surface area contributed by atoms with Crippen LogP contribution in [0.4, 0.5) is 0 Å². The summed E-state index contributed by atoms with van der Waals surface area (Å²) in [6, 6.07) is 8.25. The molecule has 0 aliphatic rings. The number of benzene rings is 1. The number of nitrogens with one attached hydrogen (secondary N) is 1. The second-order valence-electron chi connectivity index (χ2n) is 4.40. The molecular weight excluding hydrogens is 290 g/mol. The van der Waals surface area contributed by atoms with Gasteiger partial charge in [-0.3, -0.25) is 9.59 Å². The molecule has 0 saturated heterocycles. The number of esters is 2. The van der Waals surface area contributed by atoms with Crippen molar-refractivity contribution in [1.29, 1.82) is 0 Å². The van der Waals surface area contributed by atoms with Gasteiger partial charge in [0.05, 0.1) is 27.2 Å². The van der Waals surface area contributed by atoms with Crippen molar-refractivity contribution in [3.8, 4) is 0 Å². The predicted molar refractivity (Wildman–Crippen MR) is 76.7 cm³/mol. The zero-order valence-electron chi connectivity index (χ0n) is 12.5. The molecule has 1 atom stereocenters. The van der Waals surface area contributed by atoms with E-state index < -0.39 is 23.9 Å². The maximum absolute atomic E-state index is 11.7. The van der Waals surface area contributed by atoms with Gasteiger partial charge in [0.1, 0.15) is 12.6 Å². The van der Waals surface area contributed by atoms with E-state index >= 15 is 0 Å². The highest BCUT2D eigenvalue weighted by molar-refractivity contribution is 5.88. The Morgan fingerprint density at radius 2 is 1.77 bits per heavy atom. The molecule has 120 valence electrons. The van der Waals surface area contributed by atoms with Gasteiger partial charge in [0.2, 0.25) is 5.91 Å². The van der Waals surface area contributed by atoms with Crippen LogP contribution in [0, 0.1) is 0 Å². The molecule has 22 heavy (non-hydrogen) atoms. The predicted octanol–water partition coefficient (Wildman–Crippen LogP) is 0.424. The van der Waals surface area contributed by atoms with Gasteiger partial charge in [0.15, 0.2) is 0 Å². The standard InChI is InChI=1S/C15H19NO6/c1-20-14(18)8-12(15(19)21-2)16-13(17)10-22-9-11-6-4-3-5-7-11/h3-7,12H,8-10H2,1-2H3,(H,16,17)/t12-/m0/s1. The van der Waals surface area contributed by atoms with Crippen molar-refractivity contribution in [3.05, 3.63) is 35.9 Å². The minimum atomic E-state index is -1.09. The van der Waals surface area contributed by atoms with Gasteiger partial charge in [0, 0.05) is 0 Å². The normalized spacial score (nSPS) is 11.4. The Morgan fingerprint density at radius 3 is 2.36 bits per heavy atom. The number of methoxy groups -OCH3 is 2. The Hall–Kier alpha value is -2.41. The average molecular weight is 309 g/mol. The van der Waals surface area contributed by atoms with Crippen LogP contribution in [-0.4, -0.2) is 44.7 Å². The lowest BCUT2D eigenvalue weighted by molar-refractivity contribution is -0.151. The molecule has 0 spiro atoms. The van der Waals surface area contributed by atoms with Gasteiger partial charge < -0.3 is 19.5 Å². The van der Waals surface area contributed by atoms with Crippen molar-refractivity contribution in [1.82, 2.24) is 5.32 Å². The molecule has 7 nitrogen and oxygen atoms in total. The van der Waals surface area contributed by atoms with Gasteiger partial charge in [-0.25, -0.2) is 4.79 Å². The van der Waals surface area contributed by atoms with E-state index in [2.05, 4.69) is 14.8 Å². The summed E-state index contributed by atoms with van der Waals surface area (Å²) in [5.74, 6) is -1.86. The van der Waals surface area contributed by atoms with Crippen LogP contribution in [0.1, 0.15) is 12.0 Å². The van der Waals surface area contributed by atoms with E-state index in [0.717, 1.165) is 5.56 Å². The van der Waals surface area contributed by atoms with E-state index in [1.807, 2.05) is 30.3 Å². The molecular formula is C15H19NO6. The number of amides is 1. The van der Waals surface area contributed by atoms with Gasteiger partial charge in [0.25, 0.3) is 0 Å². The molecule has 7 heteroatoms. The zero-order chi connectivity index (χ0) is 16.4. The summed E-state index contributed by atoms with van der Waals surface area (Å²) in [5, 5.41) is 2.38. The van der Waals surface area contributed by atoms with Crippen molar-refractivity contribution in [3.63, 3.8) is 0 Å². The first-order valence-corrected chi connectivity index (χ1v) is 6.62. The molecule has 1 amide bonds. The molecule has 1 aromatic rings. The third kappa shape index (κ3) is 6.36.